The Labute approximate surface area is 119 Å². The molecule has 0 amide bonds. The Morgan fingerprint density at radius 1 is 1.00 bits per heavy atom. The molecule has 0 radical (unpaired) electrons. The van der Waals surface area contributed by atoms with Crippen molar-refractivity contribution < 1.29 is 14.3 Å². The summed E-state index contributed by atoms with van der Waals surface area (Å²) in [4.78, 5) is 12.6. The maximum absolute atomic E-state index is 12.6. The zero-order chi connectivity index (χ0) is 14.7. The lowest BCUT2D eigenvalue weighted by atomic mass is 9.97. The van der Waals surface area contributed by atoms with E-state index in [2.05, 4.69) is 0 Å². The van der Waals surface area contributed by atoms with E-state index in [-0.39, 0.29) is 5.78 Å². The van der Waals surface area contributed by atoms with Crippen molar-refractivity contribution in [2.45, 2.75) is 13.8 Å². The first-order valence-electron chi connectivity index (χ1n) is 6.41. The lowest BCUT2D eigenvalue weighted by Gasteiger charge is -2.13. The topological polar surface area (TPSA) is 35.5 Å². The molecule has 0 aromatic heterocycles. The second-order valence-corrected chi connectivity index (χ2v) is 4.65. The molecule has 0 N–H and O–H groups in total. The first-order chi connectivity index (χ1) is 9.58. The minimum absolute atomic E-state index is 0.0659. The van der Waals surface area contributed by atoms with E-state index in [0.717, 1.165) is 11.1 Å². The number of hydrogen-bond acceptors (Lipinski definition) is 3. The van der Waals surface area contributed by atoms with Gasteiger partial charge in [0.1, 0.15) is 11.5 Å². The van der Waals surface area contributed by atoms with Crippen LogP contribution in [0.15, 0.2) is 36.4 Å². The van der Waals surface area contributed by atoms with Crippen LogP contribution in [0.4, 0.5) is 0 Å². The van der Waals surface area contributed by atoms with E-state index in [0.29, 0.717) is 22.6 Å². The van der Waals surface area contributed by atoms with Gasteiger partial charge in [-0.2, -0.15) is 0 Å². The van der Waals surface area contributed by atoms with E-state index in [4.69, 9.17) is 9.47 Å². The minimum Gasteiger partial charge on any atom is -0.497 e. The highest BCUT2D eigenvalue weighted by Gasteiger charge is 2.17. The molecule has 0 heterocycles. The second kappa shape index (κ2) is 5.78. The fourth-order valence-corrected chi connectivity index (χ4v) is 2.15. The maximum Gasteiger partial charge on any atom is 0.196 e. The van der Waals surface area contributed by atoms with Gasteiger partial charge >= 0.3 is 0 Å². The summed E-state index contributed by atoms with van der Waals surface area (Å²) in [6.07, 6.45) is 0. The molecule has 20 heavy (non-hydrogen) atoms. The van der Waals surface area contributed by atoms with Gasteiger partial charge in [0.05, 0.1) is 19.8 Å². The van der Waals surface area contributed by atoms with Crippen LogP contribution in [0.1, 0.15) is 27.0 Å². The van der Waals surface area contributed by atoms with Gasteiger partial charge < -0.3 is 9.47 Å². The summed E-state index contributed by atoms with van der Waals surface area (Å²) in [5.74, 6) is 1.24. The standard InChI is InChI=1S/C17H18O3/c1-11-8-9-15(17(20-4)12(11)2)16(18)13-6-5-7-14(10-13)19-3/h5-10H,1-4H3. The molecule has 0 aliphatic heterocycles. The predicted octanol–water partition coefficient (Wildman–Crippen LogP) is 3.55. The Morgan fingerprint density at radius 3 is 2.40 bits per heavy atom. The first kappa shape index (κ1) is 14.1. The number of ether oxygens (including phenoxy) is 2. The van der Waals surface area contributed by atoms with Gasteiger partial charge in [0.15, 0.2) is 5.78 Å². The smallest absolute Gasteiger partial charge is 0.196 e. The lowest BCUT2D eigenvalue weighted by Crippen LogP contribution is -2.06. The van der Waals surface area contributed by atoms with Crippen molar-refractivity contribution in [2.24, 2.45) is 0 Å². The van der Waals surface area contributed by atoms with Crippen molar-refractivity contribution in [1.82, 2.24) is 0 Å². The van der Waals surface area contributed by atoms with Crippen LogP contribution in [-0.2, 0) is 0 Å². The molecule has 104 valence electrons. The summed E-state index contributed by atoms with van der Waals surface area (Å²) >= 11 is 0. The Balaban J connectivity index is 2.50. The van der Waals surface area contributed by atoms with E-state index in [1.807, 2.05) is 32.0 Å². The third kappa shape index (κ3) is 2.52. The van der Waals surface area contributed by atoms with Gasteiger partial charge in [0.2, 0.25) is 0 Å². The normalized spacial score (nSPS) is 10.2. The Hall–Kier alpha value is -2.29. The SMILES string of the molecule is COc1cccc(C(=O)c2ccc(C)c(C)c2OC)c1. The van der Waals surface area contributed by atoms with Gasteiger partial charge in [-0.05, 0) is 43.2 Å². The Kier molecular flexibility index (Phi) is 4.08. The average molecular weight is 270 g/mol. The van der Waals surface area contributed by atoms with Crippen LogP contribution >= 0.6 is 0 Å². The molecule has 0 bridgehead atoms. The number of carbonyl (C=O) groups excluding carboxylic acids is 1. The lowest BCUT2D eigenvalue weighted by molar-refractivity contribution is 0.103. The zero-order valence-corrected chi connectivity index (χ0v) is 12.2. The van der Waals surface area contributed by atoms with Crippen molar-refractivity contribution in [3.8, 4) is 11.5 Å². The molecule has 0 spiro atoms. The number of methoxy groups -OCH3 is 2. The number of rotatable bonds is 4. The molecule has 3 nitrogen and oxygen atoms in total. The molecular formula is C17H18O3. The molecule has 0 unspecified atom stereocenters. The third-order valence-corrected chi connectivity index (χ3v) is 3.46. The summed E-state index contributed by atoms with van der Waals surface area (Å²) in [6, 6.07) is 10.9. The molecule has 3 heteroatoms. The van der Waals surface area contributed by atoms with Crippen LogP contribution < -0.4 is 9.47 Å². The molecule has 2 rings (SSSR count). The zero-order valence-electron chi connectivity index (χ0n) is 12.2. The first-order valence-corrected chi connectivity index (χ1v) is 6.41. The predicted molar refractivity (Wildman–Crippen MR) is 78.9 cm³/mol. The summed E-state index contributed by atoms with van der Waals surface area (Å²) in [6.45, 7) is 3.95. The largest absolute Gasteiger partial charge is 0.497 e. The fourth-order valence-electron chi connectivity index (χ4n) is 2.15. The summed E-state index contributed by atoms with van der Waals surface area (Å²) in [7, 11) is 3.17. The van der Waals surface area contributed by atoms with Gasteiger partial charge in [0.25, 0.3) is 0 Å². The van der Waals surface area contributed by atoms with Crippen molar-refractivity contribution in [3.05, 3.63) is 58.7 Å². The molecule has 0 saturated carbocycles. The van der Waals surface area contributed by atoms with E-state index in [1.165, 1.54) is 0 Å². The summed E-state index contributed by atoms with van der Waals surface area (Å²) < 4.78 is 10.6. The number of carbonyl (C=O) groups is 1. The summed E-state index contributed by atoms with van der Waals surface area (Å²) in [5.41, 5.74) is 3.25. The minimum atomic E-state index is -0.0659. The number of ketones is 1. The quantitative estimate of drug-likeness (QED) is 0.797. The van der Waals surface area contributed by atoms with E-state index >= 15 is 0 Å². The van der Waals surface area contributed by atoms with Gasteiger partial charge in [-0.25, -0.2) is 0 Å². The summed E-state index contributed by atoms with van der Waals surface area (Å²) in [5, 5.41) is 0. The van der Waals surface area contributed by atoms with Gasteiger partial charge in [-0.15, -0.1) is 0 Å². The number of hydrogen-bond donors (Lipinski definition) is 0. The van der Waals surface area contributed by atoms with Crippen molar-refractivity contribution in [1.29, 1.82) is 0 Å². The van der Waals surface area contributed by atoms with Crippen LogP contribution in [0.3, 0.4) is 0 Å². The van der Waals surface area contributed by atoms with E-state index < -0.39 is 0 Å². The monoisotopic (exact) mass is 270 g/mol. The van der Waals surface area contributed by atoms with Crippen molar-refractivity contribution in [3.63, 3.8) is 0 Å². The van der Waals surface area contributed by atoms with Crippen LogP contribution in [-0.4, -0.2) is 20.0 Å². The van der Waals surface area contributed by atoms with Crippen molar-refractivity contribution in [2.75, 3.05) is 14.2 Å². The van der Waals surface area contributed by atoms with Crippen LogP contribution in [0.5, 0.6) is 11.5 Å². The highest BCUT2D eigenvalue weighted by atomic mass is 16.5. The Morgan fingerprint density at radius 2 is 1.75 bits per heavy atom. The molecular weight excluding hydrogens is 252 g/mol. The fraction of sp³-hybridized carbons (Fsp3) is 0.235. The maximum atomic E-state index is 12.6. The average Bonchev–Trinajstić information content (AvgIpc) is 2.49. The molecule has 0 saturated heterocycles. The van der Waals surface area contributed by atoms with E-state index in [1.54, 1.807) is 32.4 Å². The molecule has 0 aliphatic rings. The Bertz CT molecular complexity index is 645. The molecule has 0 aliphatic carbocycles. The molecule has 0 fully saturated rings. The van der Waals surface area contributed by atoms with Crippen LogP contribution in [0, 0.1) is 13.8 Å². The molecule has 0 atom stereocenters. The van der Waals surface area contributed by atoms with Crippen molar-refractivity contribution >= 4 is 5.78 Å². The third-order valence-electron chi connectivity index (χ3n) is 3.46. The molecule has 2 aromatic rings. The van der Waals surface area contributed by atoms with E-state index in [9.17, 15) is 4.79 Å². The van der Waals surface area contributed by atoms with Gasteiger partial charge in [-0.1, -0.05) is 18.2 Å². The van der Waals surface area contributed by atoms with Crippen LogP contribution in [0.2, 0.25) is 0 Å². The van der Waals surface area contributed by atoms with Gasteiger partial charge in [0, 0.05) is 5.56 Å². The molecule has 2 aromatic carbocycles. The number of benzene rings is 2. The second-order valence-electron chi connectivity index (χ2n) is 4.65. The number of aryl methyl sites for hydroxylation is 1. The van der Waals surface area contributed by atoms with Gasteiger partial charge in [-0.3, -0.25) is 4.79 Å². The highest BCUT2D eigenvalue weighted by molar-refractivity contribution is 6.11. The van der Waals surface area contributed by atoms with Crippen LogP contribution in [0.25, 0.3) is 0 Å². The highest BCUT2D eigenvalue weighted by Crippen LogP contribution is 2.28.